The van der Waals surface area contributed by atoms with Crippen molar-refractivity contribution in [2.75, 3.05) is 18.5 Å². The normalized spacial score (nSPS) is 10.8. The van der Waals surface area contributed by atoms with Crippen molar-refractivity contribution in [3.63, 3.8) is 0 Å². The van der Waals surface area contributed by atoms with Crippen LogP contribution in [0.2, 0.25) is 10.0 Å². The quantitative estimate of drug-likeness (QED) is 0.470. The lowest BCUT2D eigenvalue weighted by Crippen LogP contribution is -2.13. The van der Waals surface area contributed by atoms with Crippen molar-refractivity contribution < 1.29 is 24.2 Å². The maximum absolute atomic E-state index is 12.4. The molecule has 2 N–H and O–H groups in total. The van der Waals surface area contributed by atoms with Crippen LogP contribution in [0.15, 0.2) is 42.0 Å². The summed E-state index contributed by atoms with van der Waals surface area (Å²) in [5.41, 5.74) is 0.694. The third-order valence-electron chi connectivity index (χ3n) is 3.46. The first-order valence-electron chi connectivity index (χ1n) is 8.33. The van der Waals surface area contributed by atoms with Crippen LogP contribution in [-0.4, -0.2) is 30.2 Å². The molecule has 0 saturated heterocycles. The average molecular weight is 435 g/mol. The molecular formula is C20H16Cl2N2O5. The van der Waals surface area contributed by atoms with E-state index < -0.39 is 18.5 Å². The molecule has 0 fully saturated rings. The molecule has 0 unspecified atom stereocenters. The molecule has 2 aromatic rings. The zero-order valence-corrected chi connectivity index (χ0v) is 16.8. The number of hydrogen-bond acceptors (Lipinski definition) is 5. The van der Waals surface area contributed by atoms with Crippen molar-refractivity contribution in [1.29, 1.82) is 5.26 Å². The predicted molar refractivity (Wildman–Crippen MR) is 109 cm³/mol. The Hall–Kier alpha value is -3.21. The van der Waals surface area contributed by atoms with Crippen LogP contribution in [-0.2, 0) is 9.59 Å². The number of halogens is 2. The first-order valence-corrected chi connectivity index (χ1v) is 9.09. The Balaban J connectivity index is 2.18. The molecular weight excluding hydrogens is 419 g/mol. The fourth-order valence-electron chi connectivity index (χ4n) is 2.25. The molecule has 0 radical (unpaired) electrons. The molecule has 0 aliphatic rings. The van der Waals surface area contributed by atoms with E-state index in [0.717, 1.165) is 0 Å². The Labute approximate surface area is 177 Å². The molecule has 1 amide bonds. The van der Waals surface area contributed by atoms with Gasteiger partial charge < -0.3 is 19.9 Å². The molecule has 0 spiro atoms. The van der Waals surface area contributed by atoms with Crippen molar-refractivity contribution in [2.24, 2.45) is 0 Å². The maximum atomic E-state index is 12.4. The number of rotatable bonds is 8. The monoisotopic (exact) mass is 434 g/mol. The number of anilines is 1. The van der Waals surface area contributed by atoms with Gasteiger partial charge in [0.15, 0.2) is 12.4 Å². The minimum Gasteiger partial charge on any atom is -0.494 e. The van der Waals surface area contributed by atoms with Gasteiger partial charge in [0.2, 0.25) is 0 Å². The molecule has 0 saturated carbocycles. The minimum atomic E-state index is -1.18. The summed E-state index contributed by atoms with van der Waals surface area (Å²) < 4.78 is 10.4. The van der Waals surface area contributed by atoms with Crippen molar-refractivity contribution in [3.05, 3.63) is 57.6 Å². The van der Waals surface area contributed by atoms with E-state index in [-0.39, 0.29) is 21.4 Å². The van der Waals surface area contributed by atoms with Crippen LogP contribution in [0.4, 0.5) is 5.69 Å². The van der Waals surface area contributed by atoms with Crippen molar-refractivity contribution in [3.8, 4) is 17.6 Å². The summed E-state index contributed by atoms with van der Waals surface area (Å²) >= 11 is 12.1. The van der Waals surface area contributed by atoms with Crippen molar-refractivity contribution in [2.45, 2.75) is 6.92 Å². The first-order chi connectivity index (χ1) is 13.8. The van der Waals surface area contributed by atoms with Gasteiger partial charge in [-0.2, -0.15) is 5.26 Å². The van der Waals surface area contributed by atoms with Gasteiger partial charge in [-0.15, -0.1) is 0 Å². The Bertz CT molecular complexity index is 958. The predicted octanol–water partition coefficient (Wildman–Crippen LogP) is 4.40. The number of carboxylic acids is 1. The molecule has 9 heteroatoms. The third-order valence-corrected chi connectivity index (χ3v) is 4.02. The molecule has 150 valence electrons. The van der Waals surface area contributed by atoms with Gasteiger partial charge in [0.25, 0.3) is 5.91 Å². The van der Waals surface area contributed by atoms with E-state index in [1.54, 1.807) is 24.3 Å². The fourth-order valence-corrected chi connectivity index (χ4v) is 2.86. The molecule has 0 atom stereocenters. The molecule has 0 aliphatic carbocycles. The lowest BCUT2D eigenvalue weighted by atomic mass is 10.1. The Morgan fingerprint density at radius 3 is 2.31 bits per heavy atom. The van der Waals surface area contributed by atoms with Crippen LogP contribution >= 0.6 is 23.2 Å². The first kappa shape index (κ1) is 22.1. The number of hydrogen-bond donors (Lipinski definition) is 2. The summed E-state index contributed by atoms with van der Waals surface area (Å²) in [7, 11) is 0. The summed E-state index contributed by atoms with van der Waals surface area (Å²) in [6, 6.07) is 11.3. The largest absolute Gasteiger partial charge is 0.494 e. The van der Waals surface area contributed by atoms with Crippen LogP contribution in [0, 0.1) is 11.3 Å². The Morgan fingerprint density at radius 2 is 1.79 bits per heavy atom. The van der Waals surface area contributed by atoms with Crippen LogP contribution in [0.5, 0.6) is 11.5 Å². The second kappa shape index (κ2) is 10.4. The second-order valence-electron chi connectivity index (χ2n) is 5.58. The van der Waals surface area contributed by atoms with Crippen LogP contribution in [0.3, 0.4) is 0 Å². The molecule has 0 aromatic heterocycles. The third kappa shape index (κ3) is 6.42. The van der Waals surface area contributed by atoms with Gasteiger partial charge in [0, 0.05) is 5.69 Å². The van der Waals surface area contributed by atoms with E-state index in [0.29, 0.717) is 23.6 Å². The van der Waals surface area contributed by atoms with E-state index in [4.69, 9.17) is 37.8 Å². The number of nitrogens with zero attached hydrogens (tertiary/aromatic N) is 1. The molecule has 7 nitrogen and oxygen atoms in total. The van der Waals surface area contributed by atoms with Crippen LogP contribution in [0.1, 0.15) is 12.5 Å². The van der Waals surface area contributed by atoms with Gasteiger partial charge in [-0.3, -0.25) is 4.79 Å². The molecule has 0 aliphatic heterocycles. The standard InChI is InChI=1S/C20H16Cl2N2O5/c1-2-28-15-5-3-14(4-6-15)24-20(27)13(10-23)7-12-8-16(21)19(17(22)9-12)29-11-18(25)26/h3-9H,2,11H2,1H3,(H,24,27)(H,25,26)/b13-7+. The Morgan fingerprint density at radius 1 is 1.17 bits per heavy atom. The topological polar surface area (TPSA) is 109 Å². The van der Waals surface area contributed by atoms with Gasteiger partial charge in [-0.05, 0) is 55.0 Å². The molecule has 0 bridgehead atoms. The lowest BCUT2D eigenvalue weighted by Gasteiger charge is -2.09. The van der Waals surface area contributed by atoms with Crippen molar-refractivity contribution in [1.82, 2.24) is 0 Å². The van der Waals surface area contributed by atoms with E-state index in [1.807, 2.05) is 13.0 Å². The van der Waals surface area contributed by atoms with Crippen molar-refractivity contribution >= 4 is 46.8 Å². The van der Waals surface area contributed by atoms with Crippen LogP contribution < -0.4 is 14.8 Å². The number of amides is 1. The smallest absolute Gasteiger partial charge is 0.341 e. The number of nitriles is 1. The number of nitrogens with one attached hydrogen (secondary N) is 1. The van der Waals surface area contributed by atoms with E-state index >= 15 is 0 Å². The van der Waals surface area contributed by atoms with Gasteiger partial charge in [0.05, 0.1) is 16.7 Å². The average Bonchev–Trinajstić information content (AvgIpc) is 2.67. The van der Waals surface area contributed by atoms with E-state index in [1.165, 1.54) is 18.2 Å². The number of ether oxygens (including phenoxy) is 2. The summed E-state index contributed by atoms with van der Waals surface area (Å²) in [6.07, 6.45) is 1.31. The summed E-state index contributed by atoms with van der Waals surface area (Å²) in [6.45, 7) is 1.78. The number of carboxylic acid groups (broad SMARTS) is 1. The zero-order chi connectivity index (χ0) is 21.4. The molecule has 2 aromatic carbocycles. The summed E-state index contributed by atoms with van der Waals surface area (Å²) in [5, 5.41) is 20.7. The zero-order valence-electron chi connectivity index (χ0n) is 15.2. The highest BCUT2D eigenvalue weighted by Crippen LogP contribution is 2.35. The SMILES string of the molecule is CCOc1ccc(NC(=O)/C(C#N)=C/c2cc(Cl)c(OCC(=O)O)c(Cl)c2)cc1. The summed E-state index contributed by atoms with van der Waals surface area (Å²) in [4.78, 5) is 23.0. The van der Waals surface area contributed by atoms with Gasteiger partial charge >= 0.3 is 5.97 Å². The molecule has 29 heavy (non-hydrogen) atoms. The Kier molecular flexibility index (Phi) is 7.89. The molecule has 2 rings (SSSR count). The minimum absolute atomic E-state index is 0.00484. The van der Waals surface area contributed by atoms with E-state index in [9.17, 15) is 14.9 Å². The summed E-state index contributed by atoms with van der Waals surface area (Å²) in [5.74, 6) is -1.13. The second-order valence-corrected chi connectivity index (χ2v) is 6.39. The maximum Gasteiger partial charge on any atom is 0.341 e. The number of benzene rings is 2. The number of carbonyl (C=O) groups is 2. The fraction of sp³-hybridized carbons (Fsp3) is 0.150. The van der Waals surface area contributed by atoms with E-state index in [2.05, 4.69) is 5.32 Å². The molecule has 0 heterocycles. The number of aliphatic carboxylic acids is 1. The van der Waals surface area contributed by atoms with Gasteiger partial charge in [-0.25, -0.2) is 4.79 Å². The lowest BCUT2D eigenvalue weighted by molar-refractivity contribution is -0.139. The highest BCUT2D eigenvalue weighted by molar-refractivity contribution is 6.37. The van der Waals surface area contributed by atoms with Crippen LogP contribution in [0.25, 0.3) is 6.08 Å². The highest BCUT2D eigenvalue weighted by atomic mass is 35.5. The van der Waals surface area contributed by atoms with Gasteiger partial charge in [0.1, 0.15) is 17.4 Å². The number of carbonyl (C=O) groups excluding carboxylic acids is 1. The van der Waals surface area contributed by atoms with Gasteiger partial charge in [-0.1, -0.05) is 23.2 Å². The highest BCUT2D eigenvalue weighted by Gasteiger charge is 2.14.